The van der Waals surface area contributed by atoms with Gasteiger partial charge in [0.1, 0.15) is 11.6 Å². The van der Waals surface area contributed by atoms with Gasteiger partial charge in [0.15, 0.2) is 0 Å². The molecule has 0 saturated carbocycles. The number of carboxylic acid groups (broad SMARTS) is 1. The minimum Gasteiger partial charge on any atom is -0.493 e. The van der Waals surface area contributed by atoms with E-state index in [4.69, 9.17) is 9.84 Å². The van der Waals surface area contributed by atoms with Crippen LogP contribution in [0, 0.1) is 0 Å². The lowest BCUT2D eigenvalue weighted by Crippen LogP contribution is -2.14. The van der Waals surface area contributed by atoms with Gasteiger partial charge >= 0.3 is 5.97 Å². The zero-order valence-corrected chi connectivity index (χ0v) is 18.2. The fourth-order valence-electron chi connectivity index (χ4n) is 3.59. The van der Waals surface area contributed by atoms with Gasteiger partial charge in [-0.1, -0.05) is 12.1 Å². The van der Waals surface area contributed by atoms with Crippen LogP contribution in [0.25, 0.3) is 10.9 Å². The van der Waals surface area contributed by atoms with Crippen molar-refractivity contribution in [1.82, 2.24) is 14.8 Å². The Morgan fingerprint density at radius 3 is 2.97 bits per heavy atom. The van der Waals surface area contributed by atoms with Gasteiger partial charge in [-0.25, -0.2) is 4.98 Å². The molecular weight excluding hydrogens is 392 g/mol. The van der Waals surface area contributed by atoms with Crippen molar-refractivity contribution in [1.29, 1.82) is 0 Å². The molecule has 0 unspecified atom stereocenters. The Labute approximate surface area is 182 Å². The van der Waals surface area contributed by atoms with Crippen LogP contribution < -0.4 is 10.1 Å². The van der Waals surface area contributed by atoms with Gasteiger partial charge < -0.3 is 15.2 Å². The van der Waals surface area contributed by atoms with Gasteiger partial charge in [0, 0.05) is 24.0 Å². The summed E-state index contributed by atoms with van der Waals surface area (Å²) in [7, 11) is 0. The number of anilines is 1. The lowest BCUT2D eigenvalue weighted by Gasteiger charge is -2.17. The molecule has 2 N–H and O–H groups in total. The van der Waals surface area contributed by atoms with Crippen molar-refractivity contribution in [2.24, 2.45) is 0 Å². The molecule has 0 spiro atoms. The number of pyridine rings is 1. The highest BCUT2D eigenvalue weighted by Crippen LogP contribution is 2.24. The number of nitrogens with zero attached hydrogens (tertiary/aromatic N) is 3. The molecule has 0 bridgehead atoms. The molecule has 1 aliphatic rings. The third-order valence-electron chi connectivity index (χ3n) is 5.03. The number of carboxylic acids is 1. The maximum absolute atomic E-state index is 10.9. The fraction of sp³-hybridized carbons (Fsp3) is 0.375. The molecule has 1 aromatic carbocycles. The van der Waals surface area contributed by atoms with E-state index in [9.17, 15) is 4.79 Å². The van der Waals surface area contributed by atoms with E-state index in [1.54, 1.807) is 17.0 Å². The normalized spacial score (nSPS) is 13.4. The molecule has 31 heavy (non-hydrogen) atoms. The van der Waals surface area contributed by atoms with Gasteiger partial charge in [0.25, 0.3) is 0 Å². The minimum atomic E-state index is -0.831. The lowest BCUT2D eigenvalue weighted by molar-refractivity contribution is -0.137. The molecule has 7 heteroatoms. The number of fused-ring (bicyclic) bond motifs is 2. The first-order valence-corrected chi connectivity index (χ1v) is 10.6. The number of ether oxygens (including phenoxy) is 1. The summed E-state index contributed by atoms with van der Waals surface area (Å²) in [5.41, 5.74) is 3.21. The van der Waals surface area contributed by atoms with Gasteiger partial charge in [-0.2, -0.15) is 5.10 Å². The van der Waals surface area contributed by atoms with E-state index < -0.39 is 5.97 Å². The van der Waals surface area contributed by atoms with Crippen LogP contribution in [0.3, 0.4) is 0 Å². The SMILES string of the molecule is C=CC.C[C@H](CC(=O)O)n1ncc2cc(OCCc3ccc4c(n3)NCCC4)ccc21. The van der Waals surface area contributed by atoms with Crippen LogP contribution in [0.1, 0.15) is 44.0 Å². The number of benzene rings is 1. The molecule has 0 aliphatic carbocycles. The smallest absolute Gasteiger partial charge is 0.305 e. The van der Waals surface area contributed by atoms with Gasteiger partial charge in [-0.05, 0) is 56.5 Å². The molecule has 1 aliphatic heterocycles. The van der Waals surface area contributed by atoms with Crippen LogP contribution >= 0.6 is 0 Å². The third-order valence-corrected chi connectivity index (χ3v) is 5.03. The highest BCUT2D eigenvalue weighted by atomic mass is 16.5. The Morgan fingerprint density at radius 2 is 2.19 bits per heavy atom. The summed E-state index contributed by atoms with van der Waals surface area (Å²) in [5, 5.41) is 17.6. The number of carbonyl (C=O) groups is 1. The number of aryl methyl sites for hydroxylation is 1. The second-order valence-electron chi connectivity index (χ2n) is 7.60. The molecule has 164 valence electrons. The highest BCUT2D eigenvalue weighted by molar-refractivity contribution is 5.80. The van der Waals surface area contributed by atoms with Gasteiger partial charge in [0.05, 0.1) is 30.8 Å². The van der Waals surface area contributed by atoms with Crippen molar-refractivity contribution in [2.75, 3.05) is 18.5 Å². The zero-order chi connectivity index (χ0) is 22.2. The fourth-order valence-corrected chi connectivity index (χ4v) is 3.59. The Kier molecular flexibility index (Phi) is 7.65. The molecule has 0 amide bonds. The van der Waals surface area contributed by atoms with Crippen LogP contribution in [0.4, 0.5) is 5.82 Å². The molecule has 3 heterocycles. The average Bonchev–Trinajstić information content (AvgIpc) is 3.17. The molecule has 3 aromatic rings. The Bertz CT molecular complexity index is 1040. The summed E-state index contributed by atoms with van der Waals surface area (Å²) in [6.45, 7) is 8.63. The largest absolute Gasteiger partial charge is 0.493 e. The molecule has 0 radical (unpaired) electrons. The Balaban J connectivity index is 0.000000858. The number of aromatic nitrogens is 3. The summed E-state index contributed by atoms with van der Waals surface area (Å²) in [4.78, 5) is 15.6. The standard InChI is InChI=1S/C21H24N4O3.C3H6/c1-14(11-20(26)27)25-19-7-6-18(12-16(19)13-23-25)28-10-8-17-5-4-15-3-2-9-22-21(15)24-17;1-3-2/h4-7,12-14H,2-3,8-11H2,1H3,(H,22,24)(H,26,27);3H,1H2,2H3/t14-;/m1./s1. The second kappa shape index (κ2) is 10.6. The first-order chi connectivity index (χ1) is 15.0. The van der Waals surface area contributed by atoms with Crippen molar-refractivity contribution >= 4 is 22.7 Å². The molecular formula is C24H30N4O3. The predicted molar refractivity (Wildman–Crippen MR) is 123 cm³/mol. The zero-order valence-electron chi connectivity index (χ0n) is 18.2. The molecule has 0 saturated heterocycles. The van der Waals surface area contributed by atoms with Crippen molar-refractivity contribution < 1.29 is 14.6 Å². The Morgan fingerprint density at radius 1 is 1.39 bits per heavy atom. The molecule has 4 rings (SSSR count). The molecule has 7 nitrogen and oxygen atoms in total. The van der Waals surface area contributed by atoms with E-state index in [1.807, 2.05) is 32.0 Å². The van der Waals surface area contributed by atoms with E-state index >= 15 is 0 Å². The predicted octanol–water partition coefficient (Wildman–Crippen LogP) is 4.64. The topological polar surface area (TPSA) is 89.3 Å². The van der Waals surface area contributed by atoms with Gasteiger partial charge in [0.2, 0.25) is 0 Å². The minimum absolute atomic E-state index is 0.0394. The van der Waals surface area contributed by atoms with Crippen molar-refractivity contribution in [3.63, 3.8) is 0 Å². The van der Waals surface area contributed by atoms with E-state index in [2.05, 4.69) is 34.1 Å². The second-order valence-corrected chi connectivity index (χ2v) is 7.60. The van der Waals surface area contributed by atoms with Gasteiger partial charge in [-0.15, -0.1) is 6.58 Å². The summed E-state index contributed by atoms with van der Waals surface area (Å²) in [6, 6.07) is 9.79. The molecule has 0 fully saturated rings. The quantitative estimate of drug-likeness (QED) is 0.539. The number of aliphatic carboxylic acids is 1. The number of nitrogens with one attached hydrogen (secondary N) is 1. The first kappa shape index (κ1) is 22.3. The number of rotatable bonds is 7. The van der Waals surface area contributed by atoms with E-state index in [0.717, 1.165) is 54.0 Å². The molecule has 1 atom stereocenters. The van der Waals surface area contributed by atoms with Crippen LogP contribution in [0.15, 0.2) is 49.2 Å². The lowest BCUT2D eigenvalue weighted by atomic mass is 10.1. The summed E-state index contributed by atoms with van der Waals surface area (Å²) >= 11 is 0. The summed E-state index contributed by atoms with van der Waals surface area (Å²) in [6.07, 6.45) is 6.52. The molecule has 2 aromatic heterocycles. The third kappa shape index (κ3) is 5.84. The number of hydrogen-bond acceptors (Lipinski definition) is 5. The van der Waals surface area contributed by atoms with E-state index in [0.29, 0.717) is 6.61 Å². The number of allylic oxidation sites excluding steroid dienone is 1. The van der Waals surface area contributed by atoms with Crippen molar-refractivity contribution in [2.45, 2.75) is 45.6 Å². The highest BCUT2D eigenvalue weighted by Gasteiger charge is 2.14. The average molecular weight is 423 g/mol. The maximum Gasteiger partial charge on any atom is 0.305 e. The monoisotopic (exact) mass is 422 g/mol. The van der Waals surface area contributed by atoms with Crippen LogP contribution in [0.2, 0.25) is 0 Å². The maximum atomic E-state index is 10.9. The first-order valence-electron chi connectivity index (χ1n) is 10.6. The van der Waals surface area contributed by atoms with E-state index in [-0.39, 0.29) is 12.5 Å². The summed E-state index contributed by atoms with van der Waals surface area (Å²) < 4.78 is 7.65. The summed E-state index contributed by atoms with van der Waals surface area (Å²) in [5.74, 6) is 0.948. The van der Waals surface area contributed by atoms with E-state index in [1.165, 1.54) is 5.56 Å². The van der Waals surface area contributed by atoms with Crippen LogP contribution in [-0.4, -0.2) is 39.0 Å². The van der Waals surface area contributed by atoms with Crippen LogP contribution in [-0.2, 0) is 17.6 Å². The van der Waals surface area contributed by atoms with Gasteiger partial charge in [-0.3, -0.25) is 9.48 Å². The van der Waals surface area contributed by atoms with Crippen molar-refractivity contribution in [3.05, 3.63) is 60.4 Å². The number of hydrogen-bond donors (Lipinski definition) is 2. The van der Waals surface area contributed by atoms with Crippen LogP contribution in [0.5, 0.6) is 5.75 Å². The van der Waals surface area contributed by atoms with Crippen molar-refractivity contribution in [3.8, 4) is 5.75 Å². The Hall–Kier alpha value is -3.35.